The van der Waals surface area contributed by atoms with Gasteiger partial charge in [-0.05, 0) is 59.5 Å². The second-order valence-corrected chi connectivity index (χ2v) is 6.73. The molecular weight excluding hydrogens is 372 g/mol. The van der Waals surface area contributed by atoms with Crippen LogP contribution in [0.5, 0.6) is 0 Å². The Morgan fingerprint density at radius 1 is 1.25 bits per heavy atom. The highest BCUT2D eigenvalue weighted by molar-refractivity contribution is 14.1. The van der Waals surface area contributed by atoms with Gasteiger partial charge in [-0.2, -0.15) is 0 Å². The summed E-state index contributed by atoms with van der Waals surface area (Å²) >= 11 is 1.97. The number of halogens is 2. The van der Waals surface area contributed by atoms with Gasteiger partial charge >= 0.3 is 0 Å². The van der Waals surface area contributed by atoms with Crippen LogP contribution in [0.1, 0.15) is 26.2 Å². The number of hydrogen-bond acceptors (Lipinski definition) is 2. The number of fused-ring (bicyclic) bond motifs is 1. The molecule has 0 aromatic heterocycles. The maximum absolute atomic E-state index is 13.2. The van der Waals surface area contributed by atoms with E-state index in [1.165, 1.54) is 23.1 Å². The Balaban J connectivity index is 1.94. The Hall–Kier alpha value is -0.980. The lowest BCUT2D eigenvalue weighted by Gasteiger charge is -2.18. The van der Waals surface area contributed by atoms with Gasteiger partial charge in [0.1, 0.15) is 5.82 Å². The molecule has 2 atom stereocenters. The molecule has 106 valence electrons. The van der Waals surface area contributed by atoms with Gasteiger partial charge in [-0.15, -0.1) is 0 Å². The van der Waals surface area contributed by atoms with Crippen LogP contribution in [-0.4, -0.2) is 11.8 Å². The zero-order valence-corrected chi connectivity index (χ0v) is 13.3. The zero-order valence-electron chi connectivity index (χ0n) is 11.1. The van der Waals surface area contributed by atoms with Crippen molar-refractivity contribution >= 4 is 40.1 Å². The highest BCUT2D eigenvalue weighted by Gasteiger charge is 2.52. The number of carbonyl (C=O) groups is 2. The summed E-state index contributed by atoms with van der Waals surface area (Å²) in [6.45, 7) is 2.10. The number of nitrogens with zero attached hydrogens (tertiary/aromatic N) is 1. The van der Waals surface area contributed by atoms with Crippen molar-refractivity contribution in [3.63, 3.8) is 0 Å². The number of imide groups is 1. The third kappa shape index (κ3) is 2.06. The first kappa shape index (κ1) is 14.0. The molecule has 1 aromatic carbocycles. The Bertz CT molecular complexity index is 565. The number of anilines is 1. The maximum atomic E-state index is 13.2. The lowest BCUT2D eigenvalue weighted by atomic mass is 10.00. The number of amides is 2. The van der Waals surface area contributed by atoms with Gasteiger partial charge in [0.2, 0.25) is 11.8 Å². The lowest BCUT2D eigenvalue weighted by Crippen LogP contribution is -2.32. The lowest BCUT2D eigenvalue weighted by molar-refractivity contribution is -0.123. The van der Waals surface area contributed by atoms with E-state index < -0.39 is 0 Å². The number of carbonyl (C=O) groups excluding carboxylic acids is 2. The van der Waals surface area contributed by atoms with E-state index >= 15 is 0 Å². The number of hydrogen-bond donors (Lipinski definition) is 0. The van der Waals surface area contributed by atoms with Crippen LogP contribution in [0.15, 0.2) is 18.2 Å². The van der Waals surface area contributed by atoms with Gasteiger partial charge in [-0.25, -0.2) is 9.29 Å². The van der Waals surface area contributed by atoms with Gasteiger partial charge in [0, 0.05) is 3.57 Å². The van der Waals surface area contributed by atoms with E-state index in [-0.39, 0.29) is 29.5 Å². The van der Waals surface area contributed by atoms with Gasteiger partial charge < -0.3 is 0 Å². The summed E-state index contributed by atoms with van der Waals surface area (Å²) in [4.78, 5) is 26.3. The molecule has 1 aliphatic carbocycles. The van der Waals surface area contributed by atoms with Crippen molar-refractivity contribution in [1.29, 1.82) is 0 Å². The first-order chi connectivity index (χ1) is 9.52. The van der Waals surface area contributed by atoms with Gasteiger partial charge in [0.15, 0.2) is 0 Å². The molecule has 1 aromatic rings. The van der Waals surface area contributed by atoms with Gasteiger partial charge in [0.05, 0.1) is 17.5 Å². The monoisotopic (exact) mass is 387 g/mol. The van der Waals surface area contributed by atoms with Crippen LogP contribution in [0.3, 0.4) is 0 Å². The largest absolute Gasteiger partial charge is 0.274 e. The summed E-state index contributed by atoms with van der Waals surface area (Å²) in [6, 6.07) is 4.16. The molecule has 1 heterocycles. The first-order valence-electron chi connectivity index (χ1n) is 6.85. The predicted molar refractivity (Wildman–Crippen MR) is 81.6 cm³/mol. The van der Waals surface area contributed by atoms with Crippen LogP contribution < -0.4 is 4.90 Å². The molecule has 1 saturated heterocycles. The van der Waals surface area contributed by atoms with Crippen molar-refractivity contribution in [2.75, 3.05) is 4.90 Å². The minimum absolute atomic E-state index is 0.111. The Kier molecular flexibility index (Phi) is 3.56. The quantitative estimate of drug-likeness (QED) is 0.577. The average Bonchev–Trinajstić information content (AvgIpc) is 2.93. The van der Waals surface area contributed by atoms with E-state index in [1.54, 1.807) is 0 Å². The summed E-state index contributed by atoms with van der Waals surface area (Å²) in [7, 11) is 0. The Morgan fingerprint density at radius 2 is 1.85 bits per heavy atom. The van der Waals surface area contributed by atoms with Crippen LogP contribution in [-0.2, 0) is 9.59 Å². The minimum atomic E-state index is -0.358. The molecule has 1 saturated carbocycles. The van der Waals surface area contributed by atoms with Gasteiger partial charge in [0.25, 0.3) is 0 Å². The van der Waals surface area contributed by atoms with Crippen LogP contribution in [0.25, 0.3) is 0 Å². The van der Waals surface area contributed by atoms with E-state index in [4.69, 9.17) is 0 Å². The van der Waals surface area contributed by atoms with Crippen molar-refractivity contribution < 1.29 is 14.0 Å². The number of benzene rings is 1. The molecule has 2 aliphatic rings. The zero-order chi connectivity index (χ0) is 14.4. The molecule has 0 bridgehead atoms. The summed E-state index contributed by atoms with van der Waals surface area (Å²) < 4.78 is 13.8. The van der Waals surface area contributed by atoms with E-state index in [9.17, 15) is 14.0 Å². The van der Waals surface area contributed by atoms with Crippen LogP contribution in [0, 0.1) is 27.1 Å². The molecule has 20 heavy (non-hydrogen) atoms. The van der Waals surface area contributed by atoms with Crippen LogP contribution >= 0.6 is 22.6 Å². The molecule has 3 nitrogen and oxygen atoms in total. The van der Waals surface area contributed by atoms with Crippen molar-refractivity contribution in [3.05, 3.63) is 27.6 Å². The molecular formula is C15H15FINO2. The second-order valence-electron chi connectivity index (χ2n) is 5.57. The maximum Gasteiger partial charge on any atom is 0.237 e. The Labute approximate surface area is 130 Å². The molecule has 0 spiro atoms. The minimum Gasteiger partial charge on any atom is -0.274 e. The molecule has 1 aliphatic heterocycles. The molecule has 0 N–H and O–H groups in total. The fourth-order valence-electron chi connectivity index (χ4n) is 3.36. The standard InChI is InChI=1S/C15H15FINO2/c1-2-8-5-10-11(6-8)15(20)18(14(10)19)13-4-3-9(16)7-12(13)17/h3-4,7-8,10-11H,2,5-6H2,1H3. The smallest absolute Gasteiger partial charge is 0.237 e. The summed E-state index contributed by atoms with van der Waals surface area (Å²) in [5, 5.41) is 0. The highest BCUT2D eigenvalue weighted by Crippen LogP contribution is 2.46. The normalized spacial score (nSPS) is 29.1. The summed E-state index contributed by atoms with van der Waals surface area (Å²) in [6.07, 6.45) is 2.63. The van der Waals surface area contributed by atoms with E-state index in [0.717, 1.165) is 19.3 Å². The van der Waals surface area contributed by atoms with E-state index in [1.807, 2.05) is 22.6 Å². The van der Waals surface area contributed by atoms with E-state index in [2.05, 4.69) is 6.92 Å². The first-order valence-corrected chi connectivity index (χ1v) is 7.93. The molecule has 2 unspecified atom stereocenters. The topological polar surface area (TPSA) is 37.4 Å². The van der Waals surface area contributed by atoms with Crippen LogP contribution in [0.4, 0.5) is 10.1 Å². The molecule has 3 rings (SSSR count). The third-order valence-corrected chi connectivity index (χ3v) is 5.33. The molecule has 2 fully saturated rings. The van der Waals surface area contributed by atoms with E-state index in [0.29, 0.717) is 15.2 Å². The SMILES string of the molecule is CCC1CC2C(=O)N(c3ccc(F)cc3I)C(=O)C2C1. The van der Waals surface area contributed by atoms with Crippen molar-refractivity contribution in [2.24, 2.45) is 17.8 Å². The summed E-state index contributed by atoms with van der Waals surface area (Å²) in [5.74, 6) is -0.446. The predicted octanol–water partition coefficient (Wildman–Crippen LogP) is 3.36. The van der Waals surface area contributed by atoms with Crippen molar-refractivity contribution in [2.45, 2.75) is 26.2 Å². The molecule has 5 heteroatoms. The second kappa shape index (κ2) is 5.09. The average molecular weight is 387 g/mol. The Morgan fingerprint density at radius 3 is 2.35 bits per heavy atom. The fourth-order valence-corrected chi connectivity index (χ4v) is 4.08. The van der Waals surface area contributed by atoms with Gasteiger partial charge in [-0.3, -0.25) is 9.59 Å². The van der Waals surface area contributed by atoms with Gasteiger partial charge in [-0.1, -0.05) is 13.3 Å². The summed E-state index contributed by atoms with van der Waals surface area (Å²) in [5.41, 5.74) is 0.518. The third-order valence-electron chi connectivity index (χ3n) is 4.46. The highest BCUT2D eigenvalue weighted by atomic mass is 127. The van der Waals surface area contributed by atoms with Crippen molar-refractivity contribution in [1.82, 2.24) is 0 Å². The van der Waals surface area contributed by atoms with Crippen molar-refractivity contribution in [3.8, 4) is 0 Å². The molecule has 0 radical (unpaired) electrons. The van der Waals surface area contributed by atoms with Crippen LogP contribution in [0.2, 0.25) is 0 Å². The number of rotatable bonds is 2. The fraction of sp³-hybridized carbons (Fsp3) is 0.467. The molecule has 2 amide bonds.